The van der Waals surface area contributed by atoms with E-state index in [1.54, 1.807) is 28.9 Å². The third kappa shape index (κ3) is 3.42. The summed E-state index contributed by atoms with van der Waals surface area (Å²) in [7, 11) is 3.53. The molecule has 1 aromatic heterocycles. The van der Waals surface area contributed by atoms with Crippen LogP contribution in [0.25, 0.3) is 0 Å². The second-order valence-corrected chi connectivity index (χ2v) is 5.95. The van der Waals surface area contributed by atoms with Gasteiger partial charge in [-0.15, -0.1) is 0 Å². The predicted molar refractivity (Wildman–Crippen MR) is 83.6 cm³/mol. The highest BCUT2D eigenvalue weighted by Crippen LogP contribution is 2.27. The molecule has 1 amide bonds. The molecule has 2 aromatic rings. The summed E-state index contributed by atoms with van der Waals surface area (Å²) in [5.74, 6) is -0.240. The van der Waals surface area contributed by atoms with E-state index in [0.29, 0.717) is 25.3 Å². The normalized spacial score (nSPS) is 17.4. The molecule has 1 aliphatic heterocycles. The Balaban J connectivity index is 1.79. The lowest BCUT2D eigenvalue weighted by Crippen LogP contribution is -2.27. The molecule has 0 spiro atoms. The van der Waals surface area contributed by atoms with Gasteiger partial charge < -0.3 is 9.64 Å². The Morgan fingerprint density at radius 1 is 1.52 bits per heavy atom. The topological polar surface area (TPSA) is 47.4 Å². The maximum Gasteiger partial charge on any atom is 0.257 e. The number of hydrogen-bond acceptors (Lipinski definition) is 3. The average Bonchev–Trinajstić information content (AvgIpc) is 3.15. The van der Waals surface area contributed by atoms with Gasteiger partial charge in [-0.1, -0.05) is 12.1 Å². The molecule has 2 heterocycles. The minimum atomic E-state index is -0.298. The van der Waals surface area contributed by atoms with E-state index in [9.17, 15) is 9.18 Å². The Labute approximate surface area is 134 Å². The Kier molecular flexibility index (Phi) is 4.43. The number of hydrogen-bond donors (Lipinski definition) is 0. The summed E-state index contributed by atoms with van der Waals surface area (Å²) in [4.78, 5) is 14.4. The number of aromatic nitrogens is 2. The Hall–Kier alpha value is -2.21. The number of rotatable bonds is 4. The van der Waals surface area contributed by atoms with E-state index >= 15 is 0 Å². The van der Waals surface area contributed by atoms with Gasteiger partial charge in [-0.25, -0.2) is 4.39 Å². The molecular formula is C17H20FN3O2. The summed E-state index contributed by atoms with van der Waals surface area (Å²) in [5, 5.41) is 4.45. The zero-order chi connectivity index (χ0) is 16.4. The minimum Gasteiger partial charge on any atom is -0.381 e. The number of carbonyl (C=O) groups is 1. The van der Waals surface area contributed by atoms with Crippen molar-refractivity contribution in [1.82, 2.24) is 14.7 Å². The highest BCUT2D eigenvalue weighted by molar-refractivity contribution is 5.95. The number of aryl methyl sites for hydroxylation is 1. The molecule has 0 N–H and O–H groups in total. The Bertz CT molecular complexity index is 708. The lowest BCUT2D eigenvalue weighted by Gasteiger charge is -2.18. The van der Waals surface area contributed by atoms with Gasteiger partial charge in [-0.3, -0.25) is 9.48 Å². The molecule has 5 nitrogen and oxygen atoms in total. The monoisotopic (exact) mass is 317 g/mol. The lowest BCUT2D eigenvalue weighted by molar-refractivity contribution is 0.0783. The second-order valence-electron chi connectivity index (χ2n) is 5.95. The van der Waals surface area contributed by atoms with Crippen molar-refractivity contribution in [2.45, 2.75) is 18.9 Å². The highest BCUT2D eigenvalue weighted by atomic mass is 19.1. The third-order valence-corrected chi connectivity index (χ3v) is 4.06. The summed E-state index contributed by atoms with van der Waals surface area (Å²) in [5.41, 5.74) is 2.15. The molecule has 0 bridgehead atoms. The van der Waals surface area contributed by atoms with Crippen LogP contribution in [0.3, 0.4) is 0 Å². The maximum absolute atomic E-state index is 13.3. The van der Waals surface area contributed by atoms with Gasteiger partial charge in [-0.2, -0.15) is 5.10 Å². The number of benzene rings is 1. The second kappa shape index (κ2) is 6.50. The summed E-state index contributed by atoms with van der Waals surface area (Å²) < 4.78 is 20.4. The molecule has 6 heteroatoms. The lowest BCUT2D eigenvalue weighted by atomic mass is 10.0. The SMILES string of the molecule is CN(Cc1cccc(F)c1)C(=O)c1cn(C)nc1[C@H]1CCOC1. The van der Waals surface area contributed by atoms with Gasteiger partial charge in [-0.05, 0) is 24.1 Å². The first kappa shape index (κ1) is 15.7. The summed E-state index contributed by atoms with van der Waals surface area (Å²) >= 11 is 0. The van der Waals surface area contributed by atoms with Crippen molar-refractivity contribution in [3.8, 4) is 0 Å². The summed E-state index contributed by atoms with van der Waals surface area (Å²) in [6.07, 6.45) is 2.63. The van der Waals surface area contributed by atoms with Gasteiger partial charge in [0.15, 0.2) is 0 Å². The van der Waals surface area contributed by atoms with E-state index in [2.05, 4.69) is 5.10 Å². The molecule has 0 radical (unpaired) electrons. The molecule has 0 saturated carbocycles. The van der Waals surface area contributed by atoms with E-state index < -0.39 is 0 Å². The maximum atomic E-state index is 13.3. The van der Waals surface area contributed by atoms with Crippen LogP contribution < -0.4 is 0 Å². The van der Waals surface area contributed by atoms with Gasteiger partial charge in [0.05, 0.1) is 17.9 Å². The number of amides is 1. The van der Waals surface area contributed by atoms with E-state index in [-0.39, 0.29) is 17.6 Å². The largest absolute Gasteiger partial charge is 0.381 e. The van der Waals surface area contributed by atoms with Gasteiger partial charge in [0.25, 0.3) is 5.91 Å². The van der Waals surface area contributed by atoms with Crippen LogP contribution in [0.1, 0.15) is 34.0 Å². The molecule has 0 unspecified atom stereocenters. The molecule has 1 aromatic carbocycles. The quantitative estimate of drug-likeness (QED) is 0.869. The number of nitrogens with zero attached hydrogens (tertiary/aromatic N) is 3. The fourth-order valence-electron chi connectivity index (χ4n) is 2.91. The first-order valence-electron chi connectivity index (χ1n) is 7.66. The number of halogens is 1. The smallest absolute Gasteiger partial charge is 0.257 e. The van der Waals surface area contributed by atoms with Crippen molar-refractivity contribution < 1.29 is 13.9 Å². The standard InChI is InChI=1S/C17H20FN3O2/c1-20(9-12-4-3-5-14(18)8-12)17(22)15-10-21(2)19-16(15)13-6-7-23-11-13/h3-5,8,10,13H,6-7,9,11H2,1-2H3/t13-/m0/s1. The molecule has 23 heavy (non-hydrogen) atoms. The van der Waals surface area contributed by atoms with Crippen molar-refractivity contribution in [1.29, 1.82) is 0 Å². The number of ether oxygens (including phenoxy) is 1. The van der Waals surface area contributed by atoms with E-state index in [0.717, 1.165) is 17.7 Å². The van der Waals surface area contributed by atoms with Crippen molar-refractivity contribution in [3.63, 3.8) is 0 Å². The van der Waals surface area contributed by atoms with Crippen LogP contribution in [0.2, 0.25) is 0 Å². The fourth-order valence-corrected chi connectivity index (χ4v) is 2.91. The summed E-state index contributed by atoms with van der Waals surface area (Å²) in [6.45, 7) is 1.66. The van der Waals surface area contributed by atoms with Gasteiger partial charge in [0, 0.05) is 39.4 Å². The van der Waals surface area contributed by atoms with Crippen LogP contribution in [0.4, 0.5) is 4.39 Å². The summed E-state index contributed by atoms with van der Waals surface area (Å²) in [6, 6.07) is 6.29. The van der Waals surface area contributed by atoms with Gasteiger partial charge in [0.2, 0.25) is 0 Å². The zero-order valence-electron chi connectivity index (χ0n) is 13.3. The van der Waals surface area contributed by atoms with E-state index in [1.807, 2.05) is 13.1 Å². The molecule has 0 aliphatic carbocycles. The average molecular weight is 317 g/mol. The van der Waals surface area contributed by atoms with Crippen LogP contribution in [-0.4, -0.2) is 40.8 Å². The molecular weight excluding hydrogens is 297 g/mol. The molecule has 1 fully saturated rings. The van der Waals surface area contributed by atoms with Crippen molar-refractivity contribution in [2.24, 2.45) is 7.05 Å². The van der Waals surface area contributed by atoms with Crippen molar-refractivity contribution in [3.05, 3.63) is 53.1 Å². The van der Waals surface area contributed by atoms with Crippen LogP contribution >= 0.6 is 0 Å². The molecule has 1 aliphatic rings. The molecule has 122 valence electrons. The van der Waals surface area contributed by atoms with Gasteiger partial charge in [0.1, 0.15) is 5.82 Å². The van der Waals surface area contributed by atoms with E-state index in [4.69, 9.17) is 4.74 Å². The molecule has 1 saturated heterocycles. The Morgan fingerprint density at radius 3 is 3.04 bits per heavy atom. The van der Waals surface area contributed by atoms with Crippen LogP contribution in [-0.2, 0) is 18.3 Å². The molecule has 1 atom stereocenters. The highest BCUT2D eigenvalue weighted by Gasteiger charge is 2.28. The third-order valence-electron chi connectivity index (χ3n) is 4.06. The molecule has 3 rings (SSSR count). The number of carbonyl (C=O) groups excluding carboxylic acids is 1. The van der Waals surface area contributed by atoms with Crippen LogP contribution in [0.5, 0.6) is 0 Å². The van der Waals surface area contributed by atoms with Crippen molar-refractivity contribution in [2.75, 3.05) is 20.3 Å². The Morgan fingerprint density at radius 2 is 2.35 bits per heavy atom. The van der Waals surface area contributed by atoms with E-state index in [1.165, 1.54) is 12.1 Å². The fraction of sp³-hybridized carbons (Fsp3) is 0.412. The first-order valence-corrected chi connectivity index (χ1v) is 7.66. The predicted octanol–water partition coefficient (Wildman–Crippen LogP) is 2.34. The van der Waals surface area contributed by atoms with Crippen LogP contribution in [0, 0.1) is 5.82 Å². The minimum absolute atomic E-state index is 0.107. The first-order chi connectivity index (χ1) is 11.0. The van der Waals surface area contributed by atoms with Crippen LogP contribution in [0.15, 0.2) is 30.5 Å². The van der Waals surface area contributed by atoms with Crippen molar-refractivity contribution >= 4 is 5.91 Å². The van der Waals surface area contributed by atoms with Gasteiger partial charge >= 0.3 is 0 Å². The zero-order valence-corrected chi connectivity index (χ0v) is 13.3.